The molecule has 1 aliphatic heterocycles. The van der Waals surface area contributed by atoms with E-state index in [9.17, 15) is 14.4 Å². The van der Waals surface area contributed by atoms with E-state index in [0.29, 0.717) is 12.2 Å². The topological polar surface area (TPSA) is 84.9 Å². The van der Waals surface area contributed by atoms with Gasteiger partial charge < -0.3 is 14.4 Å². The number of benzene rings is 2. The molecule has 0 saturated heterocycles. The molecule has 2 amide bonds. The second kappa shape index (κ2) is 9.20. The van der Waals surface area contributed by atoms with E-state index in [1.807, 2.05) is 24.3 Å². The van der Waals surface area contributed by atoms with Crippen LogP contribution in [0.4, 0.5) is 16.2 Å². The number of carbonyl (C=O) groups excluding carboxylic acids is 3. The third-order valence-electron chi connectivity index (χ3n) is 4.77. The minimum absolute atomic E-state index is 0.247. The number of hydrogen-bond acceptors (Lipinski definition) is 5. The van der Waals surface area contributed by atoms with E-state index in [0.717, 1.165) is 24.1 Å². The van der Waals surface area contributed by atoms with Gasteiger partial charge in [0.2, 0.25) is 0 Å². The molecule has 1 atom stereocenters. The molecule has 0 fully saturated rings. The summed E-state index contributed by atoms with van der Waals surface area (Å²) >= 11 is 0. The fourth-order valence-electron chi connectivity index (χ4n) is 3.37. The van der Waals surface area contributed by atoms with Crippen molar-refractivity contribution in [2.24, 2.45) is 0 Å². The number of nitrogens with zero attached hydrogens (tertiary/aromatic N) is 1. The van der Waals surface area contributed by atoms with Crippen molar-refractivity contribution >= 4 is 29.3 Å². The molecule has 7 heteroatoms. The SMILES string of the molecule is C[C@H](OC(=O)c1ccc(NC(=O)OC(C)(C)C)cc1)C(=O)N1CCCc2ccccc21. The molecular formula is C24H28N2O5. The number of esters is 1. The van der Waals surface area contributed by atoms with Crippen molar-refractivity contribution in [2.45, 2.75) is 52.2 Å². The molecule has 0 spiro atoms. The van der Waals surface area contributed by atoms with E-state index < -0.39 is 23.8 Å². The van der Waals surface area contributed by atoms with Crippen LogP contribution in [0, 0.1) is 0 Å². The second-order valence-corrected chi connectivity index (χ2v) is 8.47. The predicted octanol–water partition coefficient (Wildman–Crippen LogP) is 4.56. The molecule has 0 bridgehead atoms. The Morgan fingerprint density at radius 2 is 1.71 bits per heavy atom. The molecule has 0 aromatic heterocycles. The molecule has 2 aromatic rings. The van der Waals surface area contributed by atoms with Crippen LogP contribution in [0.5, 0.6) is 0 Å². The molecule has 0 aliphatic carbocycles. The van der Waals surface area contributed by atoms with Gasteiger partial charge in [-0.1, -0.05) is 18.2 Å². The van der Waals surface area contributed by atoms with Crippen molar-refractivity contribution in [2.75, 3.05) is 16.8 Å². The lowest BCUT2D eigenvalue weighted by Gasteiger charge is -2.31. The van der Waals surface area contributed by atoms with Gasteiger partial charge >= 0.3 is 12.1 Å². The highest BCUT2D eigenvalue weighted by Gasteiger charge is 2.28. The van der Waals surface area contributed by atoms with E-state index in [4.69, 9.17) is 9.47 Å². The van der Waals surface area contributed by atoms with Gasteiger partial charge in [-0.05, 0) is 76.4 Å². The van der Waals surface area contributed by atoms with Crippen molar-refractivity contribution < 1.29 is 23.9 Å². The molecule has 31 heavy (non-hydrogen) atoms. The van der Waals surface area contributed by atoms with E-state index in [1.165, 1.54) is 12.1 Å². The highest BCUT2D eigenvalue weighted by molar-refractivity contribution is 6.00. The van der Waals surface area contributed by atoms with Crippen molar-refractivity contribution in [1.29, 1.82) is 0 Å². The van der Waals surface area contributed by atoms with Crippen molar-refractivity contribution in [3.05, 3.63) is 59.7 Å². The summed E-state index contributed by atoms with van der Waals surface area (Å²) < 4.78 is 10.6. The predicted molar refractivity (Wildman–Crippen MR) is 118 cm³/mol. The van der Waals surface area contributed by atoms with E-state index in [-0.39, 0.29) is 11.5 Å². The van der Waals surface area contributed by atoms with Gasteiger partial charge in [0.15, 0.2) is 6.10 Å². The Bertz CT molecular complexity index is 963. The monoisotopic (exact) mass is 424 g/mol. The van der Waals surface area contributed by atoms with Gasteiger partial charge in [-0.3, -0.25) is 10.1 Å². The van der Waals surface area contributed by atoms with Crippen molar-refractivity contribution in [3.8, 4) is 0 Å². The average molecular weight is 424 g/mol. The summed E-state index contributed by atoms with van der Waals surface area (Å²) in [4.78, 5) is 38.9. The summed E-state index contributed by atoms with van der Waals surface area (Å²) in [6, 6.07) is 14.0. The first kappa shape index (κ1) is 22.3. The Labute approximate surface area is 182 Å². The maximum absolute atomic E-state index is 12.9. The summed E-state index contributed by atoms with van der Waals surface area (Å²) in [6.45, 7) is 7.50. The number of rotatable bonds is 4. The van der Waals surface area contributed by atoms with E-state index in [2.05, 4.69) is 5.32 Å². The molecule has 0 radical (unpaired) electrons. The summed E-state index contributed by atoms with van der Waals surface area (Å²) in [7, 11) is 0. The Kier molecular flexibility index (Phi) is 6.63. The summed E-state index contributed by atoms with van der Waals surface area (Å²) in [5, 5.41) is 2.60. The minimum atomic E-state index is -0.918. The molecule has 1 heterocycles. The molecule has 1 aliphatic rings. The Hall–Kier alpha value is -3.35. The van der Waals surface area contributed by atoms with Crippen molar-refractivity contribution in [3.63, 3.8) is 0 Å². The molecule has 0 saturated carbocycles. The summed E-state index contributed by atoms with van der Waals surface area (Å²) in [6.07, 6.45) is 0.301. The third kappa shape index (κ3) is 5.84. The zero-order valence-electron chi connectivity index (χ0n) is 18.3. The summed E-state index contributed by atoms with van der Waals surface area (Å²) in [5.74, 6) is -0.848. The largest absolute Gasteiger partial charge is 0.449 e. The van der Waals surface area contributed by atoms with Crippen LogP contribution >= 0.6 is 0 Å². The molecule has 1 N–H and O–H groups in total. The lowest BCUT2D eigenvalue weighted by Crippen LogP contribution is -2.42. The van der Waals surface area contributed by atoms with Crippen LogP contribution in [0.3, 0.4) is 0 Å². The maximum atomic E-state index is 12.9. The van der Waals surface area contributed by atoms with Crippen LogP contribution < -0.4 is 10.2 Å². The van der Waals surface area contributed by atoms with E-state index >= 15 is 0 Å². The summed E-state index contributed by atoms with van der Waals surface area (Å²) in [5.41, 5.74) is 2.16. The number of anilines is 2. The van der Waals surface area contributed by atoms with Crippen LogP contribution in [0.2, 0.25) is 0 Å². The van der Waals surface area contributed by atoms with Gasteiger partial charge in [0, 0.05) is 17.9 Å². The minimum Gasteiger partial charge on any atom is -0.449 e. The average Bonchev–Trinajstić information content (AvgIpc) is 2.71. The third-order valence-corrected chi connectivity index (χ3v) is 4.77. The zero-order chi connectivity index (χ0) is 22.6. The quantitative estimate of drug-likeness (QED) is 0.728. The normalized spacial score (nSPS) is 14.3. The standard InChI is InChI=1S/C24H28N2O5/c1-16(21(27)26-15-7-9-17-8-5-6-10-20(17)26)30-22(28)18-11-13-19(14-12-18)25-23(29)31-24(2,3)4/h5-6,8,10-14,16H,7,9,15H2,1-4H3,(H,25,29)/t16-/m0/s1. The van der Waals surface area contributed by atoms with Gasteiger partial charge in [-0.2, -0.15) is 0 Å². The first-order valence-electron chi connectivity index (χ1n) is 10.3. The number of aryl methyl sites for hydroxylation is 1. The molecule has 0 unspecified atom stereocenters. The lowest BCUT2D eigenvalue weighted by molar-refractivity contribution is -0.126. The number of amides is 2. The molecule has 3 rings (SSSR count). The number of carbonyl (C=O) groups is 3. The lowest BCUT2D eigenvalue weighted by atomic mass is 10.0. The van der Waals surface area contributed by atoms with Crippen LogP contribution in [0.15, 0.2) is 48.5 Å². The Morgan fingerprint density at radius 3 is 2.39 bits per heavy atom. The van der Waals surface area contributed by atoms with Crippen LogP contribution in [0.25, 0.3) is 0 Å². The van der Waals surface area contributed by atoms with Crippen LogP contribution in [-0.4, -0.2) is 36.2 Å². The number of para-hydroxylation sites is 1. The molecule has 2 aromatic carbocycles. The van der Waals surface area contributed by atoms with E-state index in [1.54, 1.807) is 44.7 Å². The maximum Gasteiger partial charge on any atom is 0.412 e. The number of nitrogens with one attached hydrogen (secondary N) is 1. The van der Waals surface area contributed by atoms with Gasteiger partial charge in [0.25, 0.3) is 5.91 Å². The zero-order valence-corrected chi connectivity index (χ0v) is 18.3. The van der Waals surface area contributed by atoms with Crippen LogP contribution in [-0.2, 0) is 20.7 Å². The Balaban J connectivity index is 1.60. The highest BCUT2D eigenvalue weighted by Crippen LogP contribution is 2.27. The smallest absolute Gasteiger partial charge is 0.412 e. The number of hydrogen-bond donors (Lipinski definition) is 1. The molecule has 164 valence electrons. The van der Waals surface area contributed by atoms with Gasteiger partial charge in [-0.15, -0.1) is 0 Å². The number of fused-ring (bicyclic) bond motifs is 1. The van der Waals surface area contributed by atoms with Gasteiger partial charge in [0.1, 0.15) is 5.60 Å². The first-order valence-corrected chi connectivity index (χ1v) is 10.3. The van der Waals surface area contributed by atoms with Crippen molar-refractivity contribution in [1.82, 2.24) is 0 Å². The Morgan fingerprint density at radius 1 is 1.03 bits per heavy atom. The highest BCUT2D eigenvalue weighted by atomic mass is 16.6. The number of ether oxygens (including phenoxy) is 2. The van der Waals surface area contributed by atoms with Gasteiger partial charge in [0.05, 0.1) is 5.56 Å². The fraction of sp³-hybridized carbons (Fsp3) is 0.375. The molecule has 7 nitrogen and oxygen atoms in total. The molecular weight excluding hydrogens is 396 g/mol. The first-order chi connectivity index (χ1) is 14.6. The second-order valence-electron chi connectivity index (χ2n) is 8.47. The fourth-order valence-corrected chi connectivity index (χ4v) is 3.37. The van der Waals surface area contributed by atoms with Gasteiger partial charge in [-0.25, -0.2) is 9.59 Å². The van der Waals surface area contributed by atoms with Crippen LogP contribution in [0.1, 0.15) is 50.0 Å².